The van der Waals surface area contributed by atoms with Gasteiger partial charge in [0.2, 0.25) is 5.91 Å². The van der Waals surface area contributed by atoms with Crippen LogP contribution >= 0.6 is 0 Å². The first-order valence-corrected chi connectivity index (χ1v) is 5.79. The molecule has 3 nitrogen and oxygen atoms in total. The fourth-order valence-corrected chi connectivity index (χ4v) is 2.15. The lowest BCUT2D eigenvalue weighted by Crippen LogP contribution is -2.29. The molecule has 1 heterocycles. The average molecular weight is 271 g/mol. The van der Waals surface area contributed by atoms with E-state index in [1.165, 1.54) is 17.9 Å². The number of carbonyl (C=O) groups excluding carboxylic acids is 2. The van der Waals surface area contributed by atoms with E-state index in [0.29, 0.717) is 5.69 Å². The summed E-state index contributed by atoms with van der Waals surface area (Å²) in [6.07, 6.45) is -4.36. The molecule has 19 heavy (non-hydrogen) atoms. The average Bonchev–Trinajstić information content (AvgIpc) is 2.44. The molecule has 1 aromatic carbocycles. The Morgan fingerprint density at radius 2 is 2.00 bits per heavy atom. The van der Waals surface area contributed by atoms with Crippen LogP contribution in [0.1, 0.15) is 24.5 Å². The smallest absolute Gasteiger partial charge is 0.312 e. The number of hydrogen-bond donors (Lipinski definition) is 0. The van der Waals surface area contributed by atoms with Gasteiger partial charge in [-0.25, -0.2) is 0 Å². The fourth-order valence-electron chi connectivity index (χ4n) is 2.15. The molecule has 0 N–H and O–H groups in total. The van der Waals surface area contributed by atoms with Gasteiger partial charge in [0.15, 0.2) is 0 Å². The monoisotopic (exact) mass is 271 g/mol. The van der Waals surface area contributed by atoms with E-state index in [4.69, 9.17) is 0 Å². The van der Waals surface area contributed by atoms with Crippen LogP contribution in [0.25, 0.3) is 0 Å². The van der Waals surface area contributed by atoms with Gasteiger partial charge in [-0.1, -0.05) is 0 Å². The molecule has 0 atom stereocenters. The summed E-state index contributed by atoms with van der Waals surface area (Å²) in [6, 6.07) is 3.15. The van der Waals surface area contributed by atoms with Gasteiger partial charge >= 0.3 is 6.18 Å². The van der Waals surface area contributed by atoms with Crippen molar-refractivity contribution in [2.45, 2.75) is 25.9 Å². The predicted octanol–water partition coefficient (Wildman–Crippen LogP) is 2.57. The van der Waals surface area contributed by atoms with E-state index in [1.807, 2.05) is 0 Å². The zero-order valence-electron chi connectivity index (χ0n) is 10.3. The lowest BCUT2D eigenvalue weighted by atomic mass is 10.0. The zero-order valence-corrected chi connectivity index (χ0v) is 10.3. The van der Waals surface area contributed by atoms with Crippen LogP contribution in [-0.2, 0) is 22.2 Å². The minimum Gasteiger partial charge on any atom is -0.312 e. The summed E-state index contributed by atoms with van der Waals surface area (Å²) in [5.74, 6) is -0.444. The third kappa shape index (κ3) is 2.77. The topological polar surface area (TPSA) is 37.4 Å². The second kappa shape index (κ2) is 4.68. The summed E-state index contributed by atoms with van der Waals surface area (Å²) in [5, 5.41) is 0. The Hall–Kier alpha value is -1.85. The van der Waals surface area contributed by atoms with Crippen LogP contribution in [0, 0.1) is 0 Å². The molecule has 1 amide bonds. The van der Waals surface area contributed by atoms with Gasteiger partial charge in [-0.2, -0.15) is 13.2 Å². The van der Waals surface area contributed by atoms with Crippen molar-refractivity contribution in [2.24, 2.45) is 0 Å². The van der Waals surface area contributed by atoms with Crippen molar-refractivity contribution in [3.63, 3.8) is 0 Å². The SMILES string of the molecule is CC(=O)N1CCC(=O)Cc2cc(C(F)(F)F)ccc21. The molecule has 0 radical (unpaired) electrons. The number of rotatable bonds is 0. The van der Waals surface area contributed by atoms with Crippen molar-refractivity contribution in [2.75, 3.05) is 11.4 Å². The first-order valence-electron chi connectivity index (χ1n) is 5.79. The van der Waals surface area contributed by atoms with Crippen LogP contribution in [0.2, 0.25) is 0 Å². The number of fused-ring (bicyclic) bond motifs is 1. The van der Waals surface area contributed by atoms with Gasteiger partial charge in [0.1, 0.15) is 5.78 Å². The Balaban J connectivity index is 2.52. The van der Waals surface area contributed by atoms with Gasteiger partial charge in [0.25, 0.3) is 0 Å². The third-order valence-electron chi connectivity index (χ3n) is 3.08. The fraction of sp³-hybridized carbons (Fsp3) is 0.385. The lowest BCUT2D eigenvalue weighted by molar-refractivity contribution is -0.137. The number of hydrogen-bond acceptors (Lipinski definition) is 2. The van der Waals surface area contributed by atoms with Gasteiger partial charge in [-0.3, -0.25) is 9.59 Å². The highest BCUT2D eigenvalue weighted by atomic mass is 19.4. The van der Waals surface area contributed by atoms with Crippen molar-refractivity contribution in [1.29, 1.82) is 0 Å². The maximum atomic E-state index is 12.6. The normalized spacial score (nSPS) is 16.0. The van der Waals surface area contributed by atoms with E-state index in [0.717, 1.165) is 12.1 Å². The van der Waals surface area contributed by atoms with Crippen molar-refractivity contribution in [3.05, 3.63) is 29.3 Å². The van der Waals surface area contributed by atoms with Crippen LogP contribution in [-0.4, -0.2) is 18.2 Å². The van der Waals surface area contributed by atoms with Gasteiger partial charge in [-0.05, 0) is 23.8 Å². The van der Waals surface area contributed by atoms with Crippen LogP contribution < -0.4 is 4.90 Å². The highest BCUT2D eigenvalue weighted by Gasteiger charge is 2.32. The van der Waals surface area contributed by atoms with E-state index in [9.17, 15) is 22.8 Å². The number of benzene rings is 1. The number of halogens is 3. The zero-order chi connectivity index (χ0) is 14.2. The number of alkyl halides is 3. The molecule has 0 bridgehead atoms. The van der Waals surface area contributed by atoms with Crippen molar-refractivity contribution < 1.29 is 22.8 Å². The minimum absolute atomic E-state index is 0.0664. The Morgan fingerprint density at radius 1 is 1.32 bits per heavy atom. The third-order valence-corrected chi connectivity index (χ3v) is 3.08. The summed E-state index contributed by atoms with van der Waals surface area (Å²) in [7, 11) is 0. The maximum Gasteiger partial charge on any atom is 0.416 e. The van der Waals surface area contributed by atoms with Crippen molar-refractivity contribution in [1.82, 2.24) is 0 Å². The van der Waals surface area contributed by atoms with E-state index < -0.39 is 11.7 Å². The molecule has 0 saturated heterocycles. The number of Topliss-reactive ketones (excluding diaryl/α,β-unsaturated/α-hetero) is 1. The lowest BCUT2D eigenvalue weighted by Gasteiger charge is -2.21. The van der Waals surface area contributed by atoms with Gasteiger partial charge in [0, 0.05) is 32.0 Å². The summed E-state index contributed by atoms with van der Waals surface area (Å²) >= 11 is 0. The highest BCUT2D eigenvalue weighted by molar-refractivity contribution is 5.96. The van der Waals surface area contributed by atoms with Crippen LogP contribution in [0.3, 0.4) is 0 Å². The molecule has 1 aliphatic heterocycles. The van der Waals surface area contributed by atoms with E-state index in [2.05, 4.69) is 0 Å². The number of ketones is 1. The number of amides is 1. The molecule has 0 unspecified atom stereocenters. The van der Waals surface area contributed by atoms with E-state index in [-0.39, 0.29) is 36.6 Å². The highest BCUT2D eigenvalue weighted by Crippen LogP contribution is 2.34. The van der Waals surface area contributed by atoms with Crippen LogP contribution in [0.5, 0.6) is 0 Å². The molecule has 0 fully saturated rings. The minimum atomic E-state index is -4.45. The van der Waals surface area contributed by atoms with Crippen molar-refractivity contribution in [3.8, 4) is 0 Å². The summed E-state index contributed by atoms with van der Waals surface area (Å²) in [5.41, 5.74) is -0.150. The van der Waals surface area contributed by atoms with Gasteiger partial charge < -0.3 is 4.90 Å². The van der Waals surface area contributed by atoms with Crippen molar-refractivity contribution >= 4 is 17.4 Å². The standard InChI is InChI=1S/C13H12F3NO2/c1-8(18)17-5-4-11(19)7-9-6-10(13(14,15)16)2-3-12(9)17/h2-3,6H,4-5,7H2,1H3. The predicted molar refractivity (Wildman–Crippen MR) is 62.8 cm³/mol. The molecule has 6 heteroatoms. The Bertz CT molecular complexity index is 537. The largest absolute Gasteiger partial charge is 0.416 e. The first-order chi connectivity index (χ1) is 8.79. The Labute approximate surface area is 108 Å². The Kier molecular flexibility index (Phi) is 3.34. The molecule has 0 saturated carbocycles. The summed E-state index contributed by atoms with van der Waals surface area (Å²) in [4.78, 5) is 24.4. The molecule has 0 spiro atoms. The van der Waals surface area contributed by atoms with E-state index >= 15 is 0 Å². The molecule has 0 aromatic heterocycles. The quantitative estimate of drug-likeness (QED) is 0.727. The number of anilines is 1. The van der Waals surface area contributed by atoms with Crippen LogP contribution in [0.15, 0.2) is 18.2 Å². The number of carbonyl (C=O) groups is 2. The summed E-state index contributed by atoms with van der Waals surface area (Å²) < 4.78 is 37.9. The molecule has 0 aliphatic carbocycles. The van der Waals surface area contributed by atoms with Gasteiger partial charge in [-0.15, -0.1) is 0 Å². The Morgan fingerprint density at radius 3 is 2.58 bits per heavy atom. The molecule has 1 aromatic rings. The second-order valence-corrected chi connectivity index (χ2v) is 4.48. The molecule has 1 aliphatic rings. The van der Waals surface area contributed by atoms with E-state index in [1.54, 1.807) is 0 Å². The first kappa shape index (κ1) is 13.6. The maximum absolute atomic E-state index is 12.6. The second-order valence-electron chi connectivity index (χ2n) is 4.48. The van der Waals surface area contributed by atoms with Gasteiger partial charge in [0.05, 0.1) is 5.56 Å². The molecular formula is C13H12F3NO2. The number of nitrogens with zero attached hydrogens (tertiary/aromatic N) is 1. The molecule has 2 rings (SSSR count). The molecular weight excluding hydrogens is 259 g/mol. The molecule has 102 valence electrons. The summed E-state index contributed by atoms with van der Waals surface area (Å²) in [6.45, 7) is 1.55. The van der Waals surface area contributed by atoms with Crippen LogP contribution in [0.4, 0.5) is 18.9 Å².